The number of nitrogens with zero attached hydrogens (tertiary/aromatic N) is 1. The summed E-state index contributed by atoms with van der Waals surface area (Å²) in [6.45, 7) is 0.861. The Morgan fingerprint density at radius 2 is 2.25 bits per heavy atom. The highest BCUT2D eigenvalue weighted by Crippen LogP contribution is 2.36. The summed E-state index contributed by atoms with van der Waals surface area (Å²) >= 11 is 0. The van der Waals surface area contributed by atoms with E-state index in [2.05, 4.69) is 20.9 Å². The van der Waals surface area contributed by atoms with Gasteiger partial charge >= 0.3 is 18.0 Å². The minimum atomic E-state index is -2.07. The van der Waals surface area contributed by atoms with Crippen LogP contribution in [0, 0.1) is 0 Å². The van der Waals surface area contributed by atoms with Crippen molar-refractivity contribution < 1.29 is 29.3 Å². The van der Waals surface area contributed by atoms with E-state index in [0.29, 0.717) is 19.6 Å². The van der Waals surface area contributed by atoms with Crippen molar-refractivity contribution in [2.45, 2.75) is 30.0 Å². The summed E-state index contributed by atoms with van der Waals surface area (Å²) in [5, 5.41) is 29.4. The summed E-state index contributed by atoms with van der Waals surface area (Å²) in [6.07, 6.45) is -0.538. The van der Waals surface area contributed by atoms with Gasteiger partial charge < -0.3 is 26.0 Å². The predicted molar refractivity (Wildman–Crippen MR) is 81.2 cm³/mol. The molecule has 12 N–H and O–H groups in total. The van der Waals surface area contributed by atoms with Crippen molar-refractivity contribution in [1.82, 2.24) is 16.0 Å². The number of guanidine groups is 2. The topological polar surface area (TPSA) is 198 Å². The Morgan fingerprint density at radius 3 is 2.96 bits per heavy atom. The Morgan fingerprint density at radius 1 is 1.50 bits per heavy atom. The van der Waals surface area contributed by atoms with Gasteiger partial charge in [0.15, 0.2) is 6.04 Å². The highest BCUT2D eigenvalue weighted by atomic mass is 16.5. The second kappa shape index (κ2) is 5.65. The molecule has 1 fully saturated rings. The zero-order valence-corrected chi connectivity index (χ0v) is 13.1. The molecule has 0 saturated carbocycles. The molecule has 0 radical (unpaired) electrons. The van der Waals surface area contributed by atoms with Gasteiger partial charge in [0.2, 0.25) is 5.79 Å². The lowest BCUT2D eigenvalue weighted by molar-refractivity contribution is -0.674. The van der Waals surface area contributed by atoms with Gasteiger partial charge in [0.1, 0.15) is 12.6 Å². The molecule has 134 valence electrons. The molecule has 3 heterocycles. The molecule has 3 atom stereocenters. The molecule has 0 aromatic carbocycles. The Labute approximate surface area is 137 Å². The fraction of sp³-hybridized carbons (Fsp3) is 0.750. The lowest BCUT2D eigenvalue weighted by atomic mass is 9.87. The van der Waals surface area contributed by atoms with Crippen molar-refractivity contribution in [3.8, 4) is 0 Å². The van der Waals surface area contributed by atoms with Crippen LogP contribution in [0.25, 0.3) is 0 Å². The predicted octanol–water partition coefficient (Wildman–Crippen LogP) is -6.88. The molecule has 1 spiro atoms. The van der Waals surface area contributed by atoms with Crippen LogP contribution in [0.4, 0.5) is 4.79 Å². The number of carbonyl (C=O) groups excluding carboxylic acids is 1. The number of amides is 1. The van der Waals surface area contributed by atoms with Gasteiger partial charge in [-0.25, -0.2) is 14.7 Å². The first kappa shape index (κ1) is 16.5. The number of alkyl carbamates (subject to hydrolysis) is 1. The van der Waals surface area contributed by atoms with E-state index in [0.717, 1.165) is 0 Å². The summed E-state index contributed by atoms with van der Waals surface area (Å²) in [5.74, 6) is -1.64. The Hall–Kier alpha value is -2.31. The van der Waals surface area contributed by atoms with Crippen LogP contribution in [-0.4, -0.2) is 82.6 Å². The fourth-order valence-corrected chi connectivity index (χ4v) is 3.61. The number of carbonyl (C=O) groups is 1. The molecular formula is C12H24N8O4+2. The minimum Gasteiger partial charge on any atom is -0.446 e. The number of ether oxygens (including phenoxy) is 1. The molecule has 0 aromatic rings. The Bertz CT molecular complexity index is 606. The van der Waals surface area contributed by atoms with Crippen molar-refractivity contribution in [3.63, 3.8) is 0 Å². The maximum Gasteiger partial charge on any atom is 0.407 e. The number of nitrogens with two attached hydrogens (primary N) is 3. The number of rotatable bonds is 4. The van der Waals surface area contributed by atoms with Gasteiger partial charge in [0, 0.05) is 19.5 Å². The van der Waals surface area contributed by atoms with Crippen molar-refractivity contribution in [2.24, 2.45) is 17.2 Å². The SMILES string of the molecule is NCCNC(=O)OC[C@@H]1NC(N)=[N+]2CCC(O)(O)[C@@]23NC(N)=[NH+][C@@H]13. The van der Waals surface area contributed by atoms with E-state index in [9.17, 15) is 15.0 Å². The van der Waals surface area contributed by atoms with Crippen LogP contribution in [0.2, 0.25) is 0 Å². The first-order valence-corrected chi connectivity index (χ1v) is 7.71. The fourth-order valence-electron chi connectivity index (χ4n) is 3.61. The van der Waals surface area contributed by atoms with Crippen molar-refractivity contribution >= 4 is 18.0 Å². The highest BCUT2D eigenvalue weighted by Gasteiger charge is 2.74. The molecule has 12 heteroatoms. The lowest BCUT2D eigenvalue weighted by Gasteiger charge is -2.40. The minimum absolute atomic E-state index is 0.0601. The quantitative estimate of drug-likeness (QED) is 0.176. The van der Waals surface area contributed by atoms with Crippen LogP contribution in [0.5, 0.6) is 0 Å². The van der Waals surface area contributed by atoms with E-state index in [1.54, 1.807) is 4.58 Å². The molecule has 12 nitrogen and oxygen atoms in total. The smallest absolute Gasteiger partial charge is 0.407 e. The molecule has 3 aliphatic heterocycles. The first-order valence-electron chi connectivity index (χ1n) is 7.71. The van der Waals surface area contributed by atoms with Crippen molar-refractivity contribution in [2.75, 3.05) is 26.2 Å². The molecule has 3 rings (SSSR count). The second-order valence-electron chi connectivity index (χ2n) is 6.10. The molecule has 0 unspecified atom stereocenters. The van der Waals surface area contributed by atoms with Gasteiger partial charge in [0.05, 0.1) is 6.54 Å². The monoisotopic (exact) mass is 344 g/mol. The zero-order chi connectivity index (χ0) is 17.5. The summed E-state index contributed by atoms with van der Waals surface area (Å²) in [5.41, 5.74) is 15.8. The maximum absolute atomic E-state index is 11.6. The van der Waals surface area contributed by atoms with Crippen molar-refractivity contribution in [1.29, 1.82) is 0 Å². The third-order valence-electron chi connectivity index (χ3n) is 4.64. The first-order chi connectivity index (χ1) is 11.3. The average molecular weight is 344 g/mol. The number of hydrogen-bond donors (Lipinski definition) is 9. The molecule has 3 aliphatic rings. The summed E-state index contributed by atoms with van der Waals surface area (Å²) in [7, 11) is 0. The Balaban J connectivity index is 1.82. The zero-order valence-electron chi connectivity index (χ0n) is 13.1. The summed E-state index contributed by atoms with van der Waals surface area (Å²) in [6, 6.07) is -1.13. The van der Waals surface area contributed by atoms with E-state index < -0.39 is 29.6 Å². The van der Waals surface area contributed by atoms with Gasteiger partial charge in [-0.1, -0.05) is 0 Å². The van der Waals surface area contributed by atoms with Crippen LogP contribution >= 0.6 is 0 Å². The average Bonchev–Trinajstić information content (AvgIpc) is 3.00. The highest BCUT2D eigenvalue weighted by molar-refractivity contribution is 5.78. The second-order valence-corrected chi connectivity index (χ2v) is 6.10. The van der Waals surface area contributed by atoms with E-state index in [1.807, 2.05) is 0 Å². The summed E-state index contributed by atoms with van der Waals surface area (Å²) < 4.78 is 6.77. The van der Waals surface area contributed by atoms with Gasteiger partial charge in [-0.05, 0) is 0 Å². The largest absolute Gasteiger partial charge is 0.446 e. The third-order valence-corrected chi connectivity index (χ3v) is 4.64. The molecule has 24 heavy (non-hydrogen) atoms. The summed E-state index contributed by atoms with van der Waals surface area (Å²) in [4.78, 5) is 14.6. The van der Waals surface area contributed by atoms with Gasteiger partial charge in [-0.15, -0.1) is 0 Å². The van der Waals surface area contributed by atoms with Crippen LogP contribution in [0.3, 0.4) is 0 Å². The number of hydrogen-bond acceptors (Lipinski definition) is 9. The van der Waals surface area contributed by atoms with Crippen LogP contribution in [0.15, 0.2) is 0 Å². The van der Waals surface area contributed by atoms with Crippen molar-refractivity contribution in [3.05, 3.63) is 0 Å². The number of nitrogens with one attached hydrogen (secondary N) is 4. The molecular weight excluding hydrogens is 320 g/mol. The molecule has 1 amide bonds. The van der Waals surface area contributed by atoms with Crippen LogP contribution < -0.4 is 38.1 Å². The molecule has 0 aliphatic carbocycles. The van der Waals surface area contributed by atoms with Gasteiger partial charge in [-0.3, -0.25) is 21.8 Å². The normalized spacial score (nSPS) is 33.0. The van der Waals surface area contributed by atoms with E-state index in [1.165, 1.54) is 0 Å². The maximum atomic E-state index is 11.6. The van der Waals surface area contributed by atoms with Gasteiger partial charge in [0.25, 0.3) is 5.66 Å². The lowest BCUT2D eigenvalue weighted by Crippen LogP contribution is -2.91. The van der Waals surface area contributed by atoms with Gasteiger partial charge in [-0.2, -0.15) is 0 Å². The number of aliphatic hydroxyl groups is 2. The Kier molecular flexibility index (Phi) is 3.89. The molecule has 0 aromatic heterocycles. The van der Waals surface area contributed by atoms with E-state index >= 15 is 0 Å². The standard InChI is InChI=1S/C12H22N8O4/c13-2-3-16-10(21)24-5-6-7-12(19-8(14)18-7)11(22,23)1-4-20(12)9(15)17-6/h6-7,22-23H,1-5,13H2,(H6,14,15,16,17,18,19,21)/p+2/t6-,7-,12-/m0/s1. The molecule has 0 bridgehead atoms. The van der Waals surface area contributed by atoms with Crippen LogP contribution in [0.1, 0.15) is 6.42 Å². The van der Waals surface area contributed by atoms with E-state index in [-0.39, 0.29) is 24.9 Å². The van der Waals surface area contributed by atoms with Crippen LogP contribution in [-0.2, 0) is 4.74 Å². The molecule has 1 saturated heterocycles. The van der Waals surface area contributed by atoms with E-state index in [4.69, 9.17) is 21.9 Å². The third kappa shape index (κ3) is 2.30.